The van der Waals surface area contributed by atoms with Crippen molar-refractivity contribution in [2.75, 3.05) is 5.32 Å². The average molecular weight is 397 g/mol. The lowest BCUT2D eigenvalue weighted by Crippen LogP contribution is -2.31. The molecule has 8 nitrogen and oxygen atoms in total. The number of aliphatic hydroxyl groups is 2. The van der Waals surface area contributed by atoms with Gasteiger partial charge in [-0.3, -0.25) is 4.57 Å². The van der Waals surface area contributed by atoms with E-state index >= 15 is 0 Å². The number of rotatable bonds is 3. The summed E-state index contributed by atoms with van der Waals surface area (Å²) in [6, 6.07) is 0.00490. The van der Waals surface area contributed by atoms with E-state index in [4.69, 9.17) is 11.2 Å². The molecule has 2 aromatic heterocycles. The van der Waals surface area contributed by atoms with Gasteiger partial charge in [-0.2, -0.15) is 13.2 Å². The number of ether oxygens (including phenoxy) is 1. The van der Waals surface area contributed by atoms with Crippen molar-refractivity contribution in [3.8, 4) is 12.3 Å². The summed E-state index contributed by atoms with van der Waals surface area (Å²) in [6.45, 7) is 0. The molecular formula is C17H18F3N5O3. The predicted molar refractivity (Wildman–Crippen MR) is 91.0 cm³/mol. The topological polar surface area (TPSA) is 105 Å². The van der Waals surface area contributed by atoms with Crippen molar-refractivity contribution < 1.29 is 28.1 Å². The number of anilines is 1. The zero-order chi connectivity index (χ0) is 20.1. The number of terminal acetylenes is 1. The van der Waals surface area contributed by atoms with E-state index in [1.54, 1.807) is 0 Å². The van der Waals surface area contributed by atoms with Crippen LogP contribution >= 0.6 is 0 Å². The quantitative estimate of drug-likeness (QED) is 0.674. The van der Waals surface area contributed by atoms with Gasteiger partial charge >= 0.3 is 6.18 Å². The minimum atomic E-state index is -4.77. The molecule has 2 aromatic rings. The average Bonchev–Trinajstić information content (AvgIpc) is 3.35. The number of aromatic nitrogens is 4. The van der Waals surface area contributed by atoms with Crippen LogP contribution in [-0.4, -0.2) is 54.1 Å². The first-order chi connectivity index (χ1) is 13.3. The van der Waals surface area contributed by atoms with Gasteiger partial charge in [-0.1, -0.05) is 18.8 Å². The van der Waals surface area contributed by atoms with Crippen LogP contribution in [-0.2, 0) is 10.9 Å². The van der Waals surface area contributed by atoms with Gasteiger partial charge in [-0.25, -0.2) is 15.0 Å². The second-order valence-corrected chi connectivity index (χ2v) is 6.94. The first-order valence-corrected chi connectivity index (χ1v) is 8.85. The highest BCUT2D eigenvalue weighted by atomic mass is 19.4. The lowest BCUT2D eigenvalue weighted by atomic mass is 10.1. The molecule has 1 aliphatic heterocycles. The van der Waals surface area contributed by atoms with Crippen molar-refractivity contribution in [2.24, 2.45) is 0 Å². The molecule has 0 radical (unpaired) electrons. The summed E-state index contributed by atoms with van der Waals surface area (Å²) in [5, 5.41) is 23.2. The van der Waals surface area contributed by atoms with Crippen molar-refractivity contribution in [2.45, 2.75) is 62.4 Å². The fourth-order valence-corrected chi connectivity index (χ4v) is 3.62. The van der Waals surface area contributed by atoms with Crippen molar-refractivity contribution in [1.29, 1.82) is 0 Å². The van der Waals surface area contributed by atoms with E-state index in [1.807, 2.05) is 0 Å². The van der Waals surface area contributed by atoms with Crippen LogP contribution in [0.4, 0.5) is 19.0 Å². The van der Waals surface area contributed by atoms with Gasteiger partial charge in [0.25, 0.3) is 0 Å². The molecular weight excluding hydrogens is 379 g/mol. The lowest BCUT2D eigenvalue weighted by Gasteiger charge is -2.18. The molecule has 0 bridgehead atoms. The maximum atomic E-state index is 13.4. The fraction of sp³-hybridized carbons (Fsp3) is 0.588. The Morgan fingerprint density at radius 1 is 1.21 bits per heavy atom. The normalized spacial score (nSPS) is 28.7. The van der Waals surface area contributed by atoms with E-state index in [1.165, 1.54) is 6.33 Å². The summed E-state index contributed by atoms with van der Waals surface area (Å²) in [5.41, 5.74) is -0.0499. The van der Waals surface area contributed by atoms with Gasteiger partial charge in [0.2, 0.25) is 5.82 Å². The van der Waals surface area contributed by atoms with Gasteiger partial charge in [0.05, 0.1) is 6.33 Å². The third-order valence-electron chi connectivity index (χ3n) is 5.05. The highest BCUT2D eigenvalue weighted by Gasteiger charge is 2.44. The number of nitrogens with zero attached hydrogens (tertiary/aromatic N) is 4. The minimum absolute atomic E-state index is 0.00490. The third kappa shape index (κ3) is 3.17. The van der Waals surface area contributed by atoms with Gasteiger partial charge in [0, 0.05) is 6.04 Å². The van der Waals surface area contributed by atoms with Crippen LogP contribution in [0.2, 0.25) is 0 Å². The maximum absolute atomic E-state index is 13.4. The van der Waals surface area contributed by atoms with Crippen LogP contribution in [0.15, 0.2) is 6.33 Å². The Morgan fingerprint density at radius 2 is 1.93 bits per heavy atom. The smallest absolute Gasteiger partial charge is 0.386 e. The van der Waals surface area contributed by atoms with Crippen LogP contribution in [0.25, 0.3) is 11.2 Å². The van der Waals surface area contributed by atoms with E-state index in [0.29, 0.717) is 0 Å². The highest BCUT2D eigenvalue weighted by Crippen LogP contribution is 2.35. The molecule has 2 aliphatic rings. The third-order valence-corrected chi connectivity index (χ3v) is 5.05. The van der Waals surface area contributed by atoms with E-state index in [9.17, 15) is 23.4 Å². The Morgan fingerprint density at radius 3 is 2.54 bits per heavy atom. The van der Waals surface area contributed by atoms with Crippen molar-refractivity contribution in [1.82, 2.24) is 19.5 Å². The molecule has 1 aliphatic carbocycles. The Hall–Kier alpha value is -2.42. The molecule has 1 saturated carbocycles. The van der Waals surface area contributed by atoms with Crippen LogP contribution in [0.1, 0.15) is 37.7 Å². The molecule has 28 heavy (non-hydrogen) atoms. The number of halogens is 3. The maximum Gasteiger partial charge on any atom is 0.451 e. The Kier molecular flexibility index (Phi) is 4.65. The van der Waals surface area contributed by atoms with Crippen molar-refractivity contribution >= 4 is 17.0 Å². The standard InChI is InChI=1S/C17H18F3N5O3/c1-2-9-11(26)12(27)15(28-9)25-7-21-10-13(22-8-5-3-4-6-8)23-16(17(18,19)20)24-14(10)25/h1,7-9,11-12,15,26-27H,3-6H2,(H,22,23,24)/t9?,11-,12-,15-/m1/s1. The molecule has 0 amide bonds. The Balaban J connectivity index is 1.80. The molecule has 4 atom stereocenters. The van der Waals surface area contributed by atoms with E-state index < -0.39 is 36.5 Å². The minimum Gasteiger partial charge on any atom is -0.386 e. The summed E-state index contributed by atoms with van der Waals surface area (Å²) in [5.74, 6) is 0.835. The zero-order valence-corrected chi connectivity index (χ0v) is 14.6. The van der Waals surface area contributed by atoms with Crippen molar-refractivity contribution in [3.05, 3.63) is 12.2 Å². The molecule has 1 unspecified atom stereocenters. The number of nitrogens with one attached hydrogen (secondary N) is 1. The SMILES string of the molecule is C#CC1O[C@@H](n2cnc3c(NC4CCCC4)nc(C(F)(F)F)nc32)[C@H](O)[C@@H]1O. The second-order valence-electron chi connectivity index (χ2n) is 6.94. The molecule has 150 valence electrons. The summed E-state index contributed by atoms with van der Waals surface area (Å²) in [4.78, 5) is 11.4. The highest BCUT2D eigenvalue weighted by molar-refractivity contribution is 5.83. The van der Waals surface area contributed by atoms with E-state index in [-0.39, 0.29) is 23.0 Å². The van der Waals surface area contributed by atoms with Crippen molar-refractivity contribution in [3.63, 3.8) is 0 Å². The fourth-order valence-electron chi connectivity index (χ4n) is 3.62. The summed E-state index contributed by atoms with van der Waals surface area (Å²) in [7, 11) is 0. The molecule has 3 heterocycles. The summed E-state index contributed by atoms with van der Waals surface area (Å²) < 4.78 is 46.6. The number of imidazole rings is 1. The van der Waals surface area contributed by atoms with E-state index in [2.05, 4.69) is 26.2 Å². The van der Waals surface area contributed by atoms with Gasteiger partial charge in [0.1, 0.15) is 18.3 Å². The largest absolute Gasteiger partial charge is 0.451 e. The second kappa shape index (κ2) is 6.88. The monoisotopic (exact) mass is 397 g/mol. The Labute approximate surface area is 157 Å². The Bertz CT molecular complexity index is 919. The van der Waals surface area contributed by atoms with E-state index in [0.717, 1.165) is 30.3 Å². The molecule has 2 fully saturated rings. The first-order valence-electron chi connectivity index (χ1n) is 8.85. The predicted octanol–water partition coefficient (Wildman–Crippen LogP) is 1.45. The van der Waals surface area contributed by atoms with Crippen LogP contribution in [0.3, 0.4) is 0 Å². The molecule has 11 heteroatoms. The van der Waals surface area contributed by atoms with Gasteiger partial charge in [-0.05, 0) is 12.8 Å². The van der Waals surface area contributed by atoms with Crippen LogP contribution < -0.4 is 5.32 Å². The molecule has 0 aromatic carbocycles. The molecule has 4 rings (SSSR count). The summed E-state index contributed by atoms with van der Waals surface area (Å²) >= 11 is 0. The lowest BCUT2D eigenvalue weighted by molar-refractivity contribution is -0.144. The number of hydrogen-bond acceptors (Lipinski definition) is 7. The number of fused-ring (bicyclic) bond motifs is 1. The summed E-state index contributed by atoms with van der Waals surface area (Å²) in [6.07, 6.45) is 0.147. The van der Waals surface area contributed by atoms with Crippen LogP contribution in [0, 0.1) is 12.3 Å². The van der Waals surface area contributed by atoms with Gasteiger partial charge in [-0.15, -0.1) is 6.42 Å². The molecule has 1 saturated heterocycles. The number of alkyl halides is 3. The number of hydrogen-bond donors (Lipinski definition) is 3. The van der Waals surface area contributed by atoms with Gasteiger partial charge in [0.15, 0.2) is 23.2 Å². The van der Waals surface area contributed by atoms with Gasteiger partial charge < -0.3 is 20.3 Å². The van der Waals surface area contributed by atoms with Crippen LogP contribution in [0.5, 0.6) is 0 Å². The molecule has 3 N–H and O–H groups in total. The first kappa shape index (κ1) is 18.9. The number of aliphatic hydroxyl groups excluding tert-OH is 2. The molecule has 0 spiro atoms. The zero-order valence-electron chi connectivity index (χ0n) is 14.6.